The van der Waals surface area contributed by atoms with E-state index in [0.29, 0.717) is 5.04 Å². The second-order valence-corrected chi connectivity index (χ2v) is 12.6. The first-order chi connectivity index (χ1) is 9.31. The summed E-state index contributed by atoms with van der Waals surface area (Å²) in [4.78, 5) is 0. The van der Waals surface area contributed by atoms with Crippen molar-refractivity contribution in [2.45, 2.75) is 110 Å². The van der Waals surface area contributed by atoms with Crippen molar-refractivity contribution in [2.75, 3.05) is 6.61 Å². The summed E-state index contributed by atoms with van der Waals surface area (Å²) in [7, 11) is -1.50. The van der Waals surface area contributed by atoms with Crippen molar-refractivity contribution in [3.05, 3.63) is 0 Å². The molecule has 0 fully saturated rings. The fraction of sp³-hybridized carbons (Fsp3) is 1.00. The van der Waals surface area contributed by atoms with Gasteiger partial charge in [0.15, 0.2) is 8.32 Å². The van der Waals surface area contributed by atoms with Gasteiger partial charge in [0.05, 0.1) is 0 Å². The summed E-state index contributed by atoms with van der Waals surface area (Å²) in [6.07, 6.45) is 14.0. The Bertz CT molecular complexity index is 234. The van der Waals surface area contributed by atoms with Crippen LogP contribution in [0.25, 0.3) is 0 Å². The molecule has 0 aliphatic rings. The Kier molecular flexibility index (Phi) is 26.5. The Hall–Kier alpha value is 1.90. The monoisotopic (exact) mass is 482 g/mol. The predicted molar refractivity (Wildman–Crippen MR) is 101 cm³/mol. The molecule has 23 heavy (non-hydrogen) atoms. The second-order valence-electron chi connectivity index (χ2n) is 7.79. The van der Waals surface area contributed by atoms with Crippen molar-refractivity contribution in [1.82, 2.24) is 0 Å². The summed E-state index contributed by atoms with van der Waals surface area (Å²) < 4.78 is 6.20. The number of hydrogen-bond donors (Lipinski definition) is 0. The summed E-state index contributed by atoms with van der Waals surface area (Å²) in [6, 6.07) is 0. The minimum atomic E-state index is -1.50. The van der Waals surface area contributed by atoms with E-state index in [-0.39, 0.29) is 57.0 Å². The van der Waals surface area contributed by atoms with Gasteiger partial charge in [0, 0.05) is 6.61 Å². The SMILES string of the molecule is CCCCCCCCCCCCO[Si](C)(C)C(C)(C)C.[Br-].[Br-].[Mg+2]. The van der Waals surface area contributed by atoms with Crippen LogP contribution in [0.15, 0.2) is 0 Å². The Labute approximate surface area is 185 Å². The second kappa shape index (κ2) is 18.7. The molecule has 0 aromatic rings. The molecule has 0 aliphatic heterocycles. The van der Waals surface area contributed by atoms with E-state index in [4.69, 9.17) is 4.43 Å². The van der Waals surface area contributed by atoms with E-state index < -0.39 is 8.32 Å². The van der Waals surface area contributed by atoms with E-state index in [0.717, 1.165) is 6.61 Å². The van der Waals surface area contributed by atoms with Crippen molar-refractivity contribution in [3.63, 3.8) is 0 Å². The summed E-state index contributed by atoms with van der Waals surface area (Å²) >= 11 is 0. The fourth-order valence-electron chi connectivity index (χ4n) is 2.13. The molecule has 0 atom stereocenters. The minimum absolute atomic E-state index is 0. The molecule has 0 aliphatic carbocycles. The first-order valence-corrected chi connectivity index (χ1v) is 11.9. The van der Waals surface area contributed by atoms with Crippen molar-refractivity contribution in [2.24, 2.45) is 0 Å². The average Bonchev–Trinajstić information content (AvgIpc) is 2.34. The minimum Gasteiger partial charge on any atom is -1.00 e. The number of unbranched alkanes of at least 4 members (excludes halogenated alkanes) is 9. The van der Waals surface area contributed by atoms with Crippen LogP contribution in [-0.4, -0.2) is 38.0 Å². The molecule has 0 aromatic carbocycles. The largest absolute Gasteiger partial charge is 2.00 e. The van der Waals surface area contributed by atoms with Crippen molar-refractivity contribution >= 4 is 31.4 Å². The molecule has 0 spiro atoms. The van der Waals surface area contributed by atoms with Gasteiger partial charge in [-0.2, -0.15) is 0 Å². The number of rotatable bonds is 12. The van der Waals surface area contributed by atoms with E-state index in [2.05, 4.69) is 40.8 Å². The molecule has 0 radical (unpaired) electrons. The molecule has 0 rings (SSSR count). The first kappa shape index (κ1) is 32.6. The van der Waals surface area contributed by atoms with Gasteiger partial charge in [-0.25, -0.2) is 0 Å². The van der Waals surface area contributed by atoms with Crippen molar-refractivity contribution in [3.8, 4) is 0 Å². The van der Waals surface area contributed by atoms with E-state index in [1.54, 1.807) is 0 Å². The van der Waals surface area contributed by atoms with Crippen LogP contribution in [0.3, 0.4) is 0 Å². The zero-order chi connectivity index (χ0) is 15.5. The Balaban J connectivity index is -0.000000602. The first-order valence-electron chi connectivity index (χ1n) is 8.95. The molecule has 5 heteroatoms. The molecular weight excluding hydrogens is 444 g/mol. The third-order valence-corrected chi connectivity index (χ3v) is 9.31. The van der Waals surface area contributed by atoms with Crippen LogP contribution < -0.4 is 34.0 Å². The Morgan fingerprint density at radius 1 is 0.696 bits per heavy atom. The van der Waals surface area contributed by atoms with Crippen LogP contribution in [0.1, 0.15) is 91.9 Å². The topological polar surface area (TPSA) is 9.23 Å². The quantitative estimate of drug-likeness (QED) is 0.291. The van der Waals surface area contributed by atoms with Gasteiger partial charge in [-0.05, 0) is 24.6 Å². The molecule has 0 saturated carbocycles. The molecular formula is C18H40Br2MgOSi. The van der Waals surface area contributed by atoms with Crippen molar-refractivity contribution < 1.29 is 38.4 Å². The molecule has 0 N–H and O–H groups in total. The van der Waals surface area contributed by atoms with Crippen LogP contribution in [0.2, 0.25) is 18.1 Å². The van der Waals surface area contributed by atoms with Crippen LogP contribution in [-0.2, 0) is 4.43 Å². The molecule has 0 unspecified atom stereocenters. The predicted octanol–water partition coefficient (Wildman–Crippen LogP) is 0.556. The van der Waals surface area contributed by atoms with Crippen LogP contribution in [0.4, 0.5) is 0 Å². The van der Waals surface area contributed by atoms with E-state index in [1.165, 1.54) is 64.2 Å². The number of hydrogen-bond acceptors (Lipinski definition) is 1. The standard InChI is InChI=1S/C18H40OSi.2BrH.Mg/c1-7-8-9-10-11-12-13-14-15-16-17-19-20(5,6)18(2,3)4;;;/h7-17H2,1-6H3;2*1H;/q;;;+2/p-2. The molecule has 0 amide bonds. The fourth-order valence-corrected chi connectivity index (χ4v) is 3.22. The summed E-state index contributed by atoms with van der Waals surface area (Å²) in [5.41, 5.74) is 0. The third kappa shape index (κ3) is 18.5. The van der Waals surface area contributed by atoms with Gasteiger partial charge >= 0.3 is 23.1 Å². The molecule has 0 aromatic heterocycles. The van der Waals surface area contributed by atoms with Gasteiger partial charge in [0.25, 0.3) is 0 Å². The Morgan fingerprint density at radius 3 is 1.39 bits per heavy atom. The Morgan fingerprint density at radius 2 is 1.04 bits per heavy atom. The molecule has 1 nitrogen and oxygen atoms in total. The van der Waals surface area contributed by atoms with E-state index in [9.17, 15) is 0 Å². The van der Waals surface area contributed by atoms with Gasteiger partial charge in [-0.1, -0.05) is 85.5 Å². The maximum atomic E-state index is 6.20. The van der Waals surface area contributed by atoms with E-state index in [1.807, 2.05) is 0 Å². The molecule has 0 saturated heterocycles. The third-order valence-electron chi connectivity index (χ3n) is 4.77. The molecule has 0 bridgehead atoms. The maximum absolute atomic E-state index is 6.20. The normalized spacial score (nSPS) is 11.2. The van der Waals surface area contributed by atoms with Gasteiger partial charge < -0.3 is 38.4 Å². The van der Waals surface area contributed by atoms with E-state index >= 15 is 0 Å². The molecule has 0 heterocycles. The zero-order valence-electron chi connectivity index (χ0n) is 16.6. The van der Waals surface area contributed by atoms with Gasteiger partial charge in [-0.15, -0.1) is 0 Å². The average molecular weight is 485 g/mol. The zero-order valence-corrected chi connectivity index (χ0v) is 22.2. The summed E-state index contributed by atoms with van der Waals surface area (Å²) in [6.45, 7) is 14.9. The molecule has 138 valence electrons. The van der Waals surface area contributed by atoms with Crippen molar-refractivity contribution in [1.29, 1.82) is 0 Å². The summed E-state index contributed by atoms with van der Waals surface area (Å²) in [5.74, 6) is 0. The smallest absolute Gasteiger partial charge is 1.00 e. The maximum Gasteiger partial charge on any atom is 2.00 e. The van der Waals surface area contributed by atoms with Gasteiger partial charge in [0.1, 0.15) is 0 Å². The summed E-state index contributed by atoms with van der Waals surface area (Å²) in [5, 5.41) is 0.353. The van der Waals surface area contributed by atoms with Gasteiger partial charge in [-0.3, -0.25) is 0 Å². The van der Waals surface area contributed by atoms with Crippen LogP contribution in [0, 0.1) is 0 Å². The van der Waals surface area contributed by atoms with Crippen LogP contribution in [0.5, 0.6) is 0 Å². The number of halogens is 2. The van der Waals surface area contributed by atoms with Gasteiger partial charge in [0.2, 0.25) is 0 Å². The van der Waals surface area contributed by atoms with Crippen LogP contribution >= 0.6 is 0 Å².